The molecule has 0 bridgehead atoms. The monoisotopic (exact) mass is 555 g/mol. The molecule has 0 unspecified atom stereocenters. The predicted molar refractivity (Wildman–Crippen MR) is 127 cm³/mol. The molecule has 15 heteroatoms. The second-order valence-corrected chi connectivity index (χ2v) is 9.61. The number of alkyl halides is 4. The van der Waals surface area contributed by atoms with Gasteiger partial charge in [-0.05, 0) is 24.1 Å². The predicted octanol–water partition coefficient (Wildman–Crippen LogP) is 3.82. The Hall–Kier alpha value is -3.59. The summed E-state index contributed by atoms with van der Waals surface area (Å²) in [6, 6.07) is 1.06. The number of likely N-dealkylation sites (tertiary alicyclic amines) is 1. The molecule has 2 saturated heterocycles. The quantitative estimate of drug-likeness (QED) is 0.348. The van der Waals surface area contributed by atoms with Gasteiger partial charge in [0.15, 0.2) is 11.6 Å². The highest BCUT2D eigenvalue weighted by Crippen LogP contribution is 2.37. The van der Waals surface area contributed by atoms with Gasteiger partial charge in [0, 0.05) is 6.54 Å². The van der Waals surface area contributed by atoms with Gasteiger partial charge in [0.1, 0.15) is 11.0 Å². The van der Waals surface area contributed by atoms with E-state index >= 15 is 4.39 Å². The molecule has 2 aliphatic rings. The topological polar surface area (TPSA) is 81.7 Å². The minimum absolute atomic E-state index is 0.00536. The number of ether oxygens (including phenoxy) is 2. The van der Waals surface area contributed by atoms with Crippen molar-refractivity contribution in [1.82, 2.24) is 29.0 Å². The maximum Gasteiger partial charge on any atom is 0.280 e. The van der Waals surface area contributed by atoms with Gasteiger partial charge in [0.25, 0.3) is 12.3 Å². The average molecular weight is 555 g/mol. The fourth-order valence-electron chi connectivity index (χ4n) is 5.10. The third-order valence-corrected chi connectivity index (χ3v) is 7.12. The SMILES string of the molecule is COc1nc(N[C@@H]2CCN(C3COC3)CC2(F)F)nn2cc(F)c(-c3cc(F)c4ncn(CC(F)F)c4c3)c12. The Kier molecular flexibility index (Phi) is 6.29. The van der Waals surface area contributed by atoms with E-state index in [1.807, 2.05) is 0 Å². The summed E-state index contributed by atoms with van der Waals surface area (Å²) in [5, 5.41) is 6.82. The van der Waals surface area contributed by atoms with Crippen LogP contribution in [0.5, 0.6) is 5.88 Å². The van der Waals surface area contributed by atoms with Crippen LogP contribution in [0.4, 0.5) is 32.3 Å². The molecule has 5 heterocycles. The average Bonchev–Trinajstić information content (AvgIpc) is 3.38. The Morgan fingerprint density at radius 1 is 1.21 bits per heavy atom. The Morgan fingerprint density at radius 2 is 2.00 bits per heavy atom. The third-order valence-electron chi connectivity index (χ3n) is 7.12. The minimum Gasteiger partial charge on any atom is -0.479 e. The standard InChI is InChI=1S/C24H23F6N7O2/c1-38-22-21-19(12-4-14(25)20-16(5-12)36(11-31-20)7-18(27)28)15(26)6-37(21)34-23(33-22)32-17-2-3-35(10-24(17,29)30)13-8-39-9-13/h4-6,11,13,17-18H,2-3,7-10H2,1H3,(H,32,34)/t17-/m1/s1. The van der Waals surface area contributed by atoms with E-state index in [0.717, 1.165) is 27.7 Å². The van der Waals surface area contributed by atoms with E-state index in [1.165, 1.54) is 13.2 Å². The normalized spacial score (nSPS) is 20.2. The van der Waals surface area contributed by atoms with Crippen molar-refractivity contribution in [3.63, 3.8) is 0 Å². The Bertz CT molecular complexity index is 1540. The fraction of sp³-hybridized carbons (Fsp3) is 0.458. The van der Waals surface area contributed by atoms with Crippen LogP contribution in [0.2, 0.25) is 0 Å². The van der Waals surface area contributed by atoms with Gasteiger partial charge >= 0.3 is 0 Å². The zero-order valence-corrected chi connectivity index (χ0v) is 20.6. The number of methoxy groups -OCH3 is 1. The van der Waals surface area contributed by atoms with Crippen molar-refractivity contribution in [3.05, 3.63) is 36.3 Å². The first-order valence-corrected chi connectivity index (χ1v) is 12.2. The van der Waals surface area contributed by atoms with Crippen molar-refractivity contribution in [1.29, 1.82) is 0 Å². The molecule has 4 aromatic rings. The maximum absolute atomic E-state index is 15.3. The van der Waals surface area contributed by atoms with Crippen molar-refractivity contribution < 1.29 is 35.8 Å². The third kappa shape index (κ3) is 4.52. The van der Waals surface area contributed by atoms with E-state index in [1.54, 1.807) is 4.90 Å². The van der Waals surface area contributed by atoms with E-state index in [2.05, 4.69) is 20.4 Å². The van der Waals surface area contributed by atoms with Crippen LogP contribution < -0.4 is 10.1 Å². The summed E-state index contributed by atoms with van der Waals surface area (Å²) in [7, 11) is 1.26. The number of benzene rings is 1. The van der Waals surface area contributed by atoms with Gasteiger partial charge in [-0.15, -0.1) is 5.10 Å². The highest BCUT2D eigenvalue weighted by atomic mass is 19.3. The molecule has 39 heavy (non-hydrogen) atoms. The molecule has 0 aliphatic carbocycles. The second kappa shape index (κ2) is 9.55. The van der Waals surface area contributed by atoms with Crippen molar-refractivity contribution in [3.8, 4) is 17.0 Å². The van der Waals surface area contributed by atoms with Crippen LogP contribution in [-0.2, 0) is 11.3 Å². The number of halogens is 6. The number of fused-ring (bicyclic) bond motifs is 2. The summed E-state index contributed by atoms with van der Waals surface area (Å²) in [6.07, 6.45) is -0.535. The van der Waals surface area contributed by atoms with Crippen molar-refractivity contribution in [2.75, 3.05) is 38.7 Å². The smallest absolute Gasteiger partial charge is 0.280 e. The van der Waals surface area contributed by atoms with E-state index in [0.29, 0.717) is 19.8 Å². The first-order valence-electron chi connectivity index (χ1n) is 12.2. The molecule has 0 spiro atoms. The van der Waals surface area contributed by atoms with Gasteiger partial charge in [0.05, 0.1) is 69.1 Å². The van der Waals surface area contributed by atoms with Crippen LogP contribution in [0.15, 0.2) is 24.7 Å². The molecule has 3 aromatic heterocycles. The van der Waals surface area contributed by atoms with E-state index in [4.69, 9.17) is 9.47 Å². The first kappa shape index (κ1) is 25.7. The molecule has 2 fully saturated rings. The van der Waals surface area contributed by atoms with E-state index < -0.39 is 43.1 Å². The summed E-state index contributed by atoms with van der Waals surface area (Å²) in [4.78, 5) is 9.72. The minimum atomic E-state index is -3.10. The maximum atomic E-state index is 15.3. The number of anilines is 1. The van der Waals surface area contributed by atoms with Crippen LogP contribution in [0, 0.1) is 11.6 Å². The molecule has 1 atom stereocenters. The van der Waals surface area contributed by atoms with E-state index in [9.17, 15) is 22.0 Å². The molecule has 0 saturated carbocycles. The zero-order valence-electron chi connectivity index (χ0n) is 20.6. The molecule has 1 aromatic carbocycles. The lowest BCUT2D eigenvalue weighted by Gasteiger charge is -2.44. The lowest BCUT2D eigenvalue weighted by molar-refractivity contribution is -0.131. The molecule has 2 aliphatic heterocycles. The summed E-state index contributed by atoms with van der Waals surface area (Å²) < 4.78 is 98.7. The molecule has 1 N–H and O–H groups in total. The lowest BCUT2D eigenvalue weighted by Crippen LogP contribution is -2.61. The Balaban J connectivity index is 1.35. The lowest BCUT2D eigenvalue weighted by atomic mass is 9.98. The van der Waals surface area contributed by atoms with Crippen molar-refractivity contribution >= 4 is 22.5 Å². The van der Waals surface area contributed by atoms with Crippen molar-refractivity contribution in [2.45, 2.75) is 37.4 Å². The van der Waals surface area contributed by atoms with Crippen LogP contribution in [0.3, 0.4) is 0 Å². The fourth-order valence-corrected chi connectivity index (χ4v) is 5.10. The summed E-state index contributed by atoms with van der Waals surface area (Å²) in [6.45, 7) is 0.115. The van der Waals surface area contributed by atoms with Gasteiger partial charge in [-0.1, -0.05) is 0 Å². The summed E-state index contributed by atoms with van der Waals surface area (Å²) in [5.41, 5.74) is -0.229. The molecule has 6 rings (SSSR count). The van der Waals surface area contributed by atoms with Crippen LogP contribution in [0.25, 0.3) is 27.7 Å². The van der Waals surface area contributed by atoms with Gasteiger partial charge < -0.3 is 19.4 Å². The first-order chi connectivity index (χ1) is 18.6. The largest absolute Gasteiger partial charge is 0.479 e. The number of hydrogen-bond donors (Lipinski definition) is 1. The molecule has 0 amide bonds. The Labute approximate surface area is 217 Å². The number of nitrogens with zero attached hydrogens (tertiary/aromatic N) is 6. The summed E-state index contributed by atoms with van der Waals surface area (Å²) >= 11 is 0. The number of hydrogen-bond acceptors (Lipinski definition) is 7. The molecular formula is C24H23F6N7O2. The van der Waals surface area contributed by atoms with Gasteiger partial charge in [-0.25, -0.2) is 35.8 Å². The molecule has 0 radical (unpaired) electrons. The molecular weight excluding hydrogens is 532 g/mol. The van der Waals surface area contributed by atoms with Gasteiger partial charge in [0.2, 0.25) is 11.8 Å². The zero-order chi connectivity index (χ0) is 27.5. The number of piperidine rings is 1. The van der Waals surface area contributed by atoms with Crippen LogP contribution in [0.1, 0.15) is 6.42 Å². The number of imidazole rings is 1. The highest BCUT2D eigenvalue weighted by molar-refractivity contribution is 5.90. The van der Waals surface area contributed by atoms with E-state index in [-0.39, 0.29) is 52.0 Å². The van der Waals surface area contributed by atoms with Crippen LogP contribution in [-0.4, -0.2) is 86.9 Å². The number of nitrogens with one attached hydrogen (secondary N) is 1. The Morgan fingerprint density at radius 3 is 2.67 bits per heavy atom. The number of rotatable bonds is 7. The second-order valence-electron chi connectivity index (χ2n) is 9.61. The van der Waals surface area contributed by atoms with Crippen molar-refractivity contribution in [2.24, 2.45) is 0 Å². The number of aromatic nitrogens is 5. The van der Waals surface area contributed by atoms with Gasteiger partial charge in [-0.2, -0.15) is 4.98 Å². The van der Waals surface area contributed by atoms with Crippen LogP contribution >= 0.6 is 0 Å². The van der Waals surface area contributed by atoms with Gasteiger partial charge in [-0.3, -0.25) is 4.90 Å². The molecule has 9 nitrogen and oxygen atoms in total. The highest BCUT2D eigenvalue weighted by Gasteiger charge is 2.47. The molecule has 208 valence electrons. The summed E-state index contributed by atoms with van der Waals surface area (Å²) in [5.74, 6) is -5.13.